The predicted octanol–water partition coefficient (Wildman–Crippen LogP) is 2.62. The minimum Gasteiger partial charge on any atom is -0.382 e. The fourth-order valence-corrected chi connectivity index (χ4v) is 2.56. The van der Waals surface area contributed by atoms with E-state index in [4.69, 9.17) is 4.74 Å². The SMILES string of the molecule is CNc1cccc(NC2CCC(OC)C2)c1[N+](=O)[O-]. The van der Waals surface area contributed by atoms with Gasteiger partial charge in [-0.1, -0.05) is 6.07 Å². The van der Waals surface area contributed by atoms with E-state index in [1.165, 1.54) is 0 Å². The van der Waals surface area contributed by atoms with E-state index in [-0.39, 0.29) is 22.8 Å². The summed E-state index contributed by atoms with van der Waals surface area (Å²) < 4.78 is 5.32. The van der Waals surface area contributed by atoms with Crippen LogP contribution < -0.4 is 10.6 Å². The van der Waals surface area contributed by atoms with Crippen molar-refractivity contribution in [2.45, 2.75) is 31.4 Å². The number of anilines is 2. The van der Waals surface area contributed by atoms with Crippen molar-refractivity contribution < 1.29 is 9.66 Å². The van der Waals surface area contributed by atoms with Crippen molar-refractivity contribution in [3.8, 4) is 0 Å². The Kier molecular flexibility index (Phi) is 4.21. The lowest BCUT2D eigenvalue weighted by atomic mass is 10.2. The molecule has 0 aliphatic heterocycles. The summed E-state index contributed by atoms with van der Waals surface area (Å²) in [5, 5.41) is 17.3. The number of hydrogen-bond donors (Lipinski definition) is 2. The summed E-state index contributed by atoms with van der Waals surface area (Å²) in [6.45, 7) is 0. The highest BCUT2D eigenvalue weighted by Gasteiger charge is 2.27. The van der Waals surface area contributed by atoms with E-state index in [1.807, 2.05) is 6.07 Å². The van der Waals surface area contributed by atoms with Crippen molar-refractivity contribution in [3.63, 3.8) is 0 Å². The average Bonchev–Trinajstić information content (AvgIpc) is 2.85. The van der Waals surface area contributed by atoms with E-state index in [9.17, 15) is 10.1 Å². The van der Waals surface area contributed by atoms with Crippen molar-refractivity contribution in [1.82, 2.24) is 0 Å². The number of hydrogen-bond acceptors (Lipinski definition) is 5. The molecule has 1 aromatic carbocycles. The largest absolute Gasteiger partial charge is 0.382 e. The average molecular weight is 265 g/mol. The highest BCUT2D eigenvalue weighted by Crippen LogP contribution is 2.35. The minimum absolute atomic E-state index is 0.103. The Balaban J connectivity index is 2.18. The quantitative estimate of drug-likeness (QED) is 0.632. The summed E-state index contributed by atoms with van der Waals surface area (Å²) in [6.07, 6.45) is 3.11. The van der Waals surface area contributed by atoms with Gasteiger partial charge in [0.1, 0.15) is 11.4 Å². The van der Waals surface area contributed by atoms with Crippen molar-refractivity contribution in [2.75, 3.05) is 24.8 Å². The zero-order valence-electron chi connectivity index (χ0n) is 11.2. The van der Waals surface area contributed by atoms with Gasteiger partial charge in [-0.05, 0) is 31.4 Å². The first kappa shape index (κ1) is 13.6. The van der Waals surface area contributed by atoms with Gasteiger partial charge in [0.25, 0.3) is 0 Å². The number of rotatable bonds is 5. The van der Waals surface area contributed by atoms with E-state index in [0.29, 0.717) is 11.4 Å². The molecule has 2 atom stereocenters. The van der Waals surface area contributed by atoms with Gasteiger partial charge in [0.2, 0.25) is 0 Å². The molecule has 2 rings (SSSR count). The second kappa shape index (κ2) is 5.88. The molecule has 2 unspecified atom stereocenters. The summed E-state index contributed by atoms with van der Waals surface area (Å²) in [5.74, 6) is 0. The number of nitrogens with one attached hydrogen (secondary N) is 2. The predicted molar refractivity (Wildman–Crippen MR) is 74.7 cm³/mol. The zero-order chi connectivity index (χ0) is 13.8. The highest BCUT2D eigenvalue weighted by molar-refractivity contribution is 5.76. The minimum atomic E-state index is -0.350. The molecule has 0 spiro atoms. The molecule has 1 aliphatic carbocycles. The monoisotopic (exact) mass is 265 g/mol. The Morgan fingerprint density at radius 2 is 2.11 bits per heavy atom. The van der Waals surface area contributed by atoms with E-state index < -0.39 is 0 Å². The maximum Gasteiger partial charge on any atom is 0.315 e. The molecule has 1 saturated carbocycles. The smallest absolute Gasteiger partial charge is 0.315 e. The lowest BCUT2D eigenvalue weighted by molar-refractivity contribution is -0.383. The van der Waals surface area contributed by atoms with Gasteiger partial charge in [-0.15, -0.1) is 0 Å². The van der Waals surface area contributed by atoms with Gasteiger partial charge in [0.05, 0.1) is 11.0 Å². The van der Waals surface area contributed by atoms with E-state index in [2.05, 4.69) is 10.6 Å². The first-order chi connectivity index (χ1) is 9.15. The van der Waals surface area contributed by atoms with Crippen molar-refractivity contribution in [3.05, 3.63) is 28.3 Å². The molecule has 0 radical (unpaired) electrons. The summed E-state index contributed by atoms with van der Waals surface area (Å²) in [7, 11) is 3.39. The Hall–Kier alpha value is -1.82. The van der Waals surface area contributed by atoms with Gasteiger partial charge in [-0.25, -0.2) is 0 Å². The molecule has 1 aliphatic rings. The molecule has 1 fully saturated rings. The van der Waals surface area contributed by atoms with Crippen LogP contribution in [-0.4, -0.2) is 31.2 Å². The van der Waals surface area contributed by atoms with E-state index in [0.717, 1.165) is 19.3 Å². The number of para-hydroxylation sites is 1. The van der Waals surface area contributed by atoms with Crippen LogP contribution in [0.2, 0.25) is 0 Å². The van der Waals surface area contributed by atoms with Gasteiger partial charge in [0.15, 0.2) is 0 Å². The molecule has 0 bridgehead atoms. The molecule has 1 aromatic rings. The van der Waals surface area contributed by atoms with Crippen molar-refractivity contribution >= 4 is 17.1 Å². The Morgan fingerprint density at radius 1 is 1.37 bits per heavy atom. The van der Waals surface area contributed by atoms with E-state index >= 15 is 0 Å². The highest BCUT2D eigenvalue weighted by atomic mass is 16.6. The Labute approximate surface area is 112 Å². The fraction of sp³-hybridized carbons (Fsp3) is 0.538. The van der Waals surface area contributed by atoms with Crippen molar-refractivity contribution in [2.24, 2.45) is 0 Å². The second-order valence-corrected chi connectivity index (χ2v) is 4.72. The van der Waals surface area contributed by atoms with Gasteiger partial charge >= 0.3 is 5.69 Å². The maximum atomic E-state index is 11.2. The standard InChI is InChI=1S/C13H19N3O3/c1-14-11-4-3-5-12(13(11)16(17)18)15-9-6-7-10(8-9)19-2/h3-5,9-10,14-15H,6-8H2,1-2H3. The molecule has 0 heterocycles. The normalized spacial score (nSPS) is 22.2. The first-order valence-electron chi connectivity index (χ1n) is 6.40. The molecule has 0 saturated heterocycles. The van der Waals surface area contributed by atoms with Crippen LogP contribution >= 0.6 is 0 Å². The third kappa shape index (κ3) is 2.96. The molecule has 6 nitrogen and oxygen atoms in total. The van der Waals surface area contributed by atoms with Crippen molar-refractivity contribution in [1.29, 1.82) is 0 Å². The van der Waals surface area contributed by atoms with Gasteiger partial charge in [-0.3, -0.25) is 10.1 Å². The molecule has 104 valence electrons. The number of ether oxygens (including phenoxy) is 1. The number of benzene rings is 1. The summed E-state index contributed by atoms with van der Waals surface area (Å²) in [4.78, 5) is 10.8. The zero-order valence-corrected chi connectivity index (χ0v) is 11.2. The molecule has 0 aromatic heterocycles. The topological polar surface area (TPSA) is 76.4 Å². The van der Waals surface area contributed by atoms with Crippen LogP contribution in [0, 0.1) is 10.1 Å². The summed E-state index contributed by atoms with van der Waals surface area (Å²) in [6, 6.07) is 5.50. The second-order valence-electron chi connectivity index (χ2n) is 4.72. The molecule has 6 heteroatoms. The molecule has 2 N–H and O–H groups in total. The van der Waals surface area contributed by atoms with Gasteiger partial charge in [0, 0.05) is 20.2 Å². The van der Waals surface area contributed by atoms with Crippen LogP contribution in [0.5, 0.6) is 0 Å². The molecular formula is C13H19N3O3. The lowest BCUT2D eigenvalue weighted by Gasteiger charge is -2.15. The lowest BCUT2D eigenvalue weighted by Crippen LogP contribution is -2.18. The number of nitro groups is 1. The third-order valence-electron chi connectivity index (χ3n) is 3.57. The summed E-state index contributed by atoms with van der Waals surface area (Å²) in [5.41, 5.74) is 1.20. The van der Waals surface area contributed by atoms with E-state index in [1.54, 1.807) is 26.3 Å². The Bertz CT molecular complexity index is 464. The van der Waals surface area contributed by atoms with Crippen LogP contribution in [0.25, 0.3) is 0 Å². The molecule has 19 heavy (non-hydrogen) atoms. The summed E-state index contributed by atoms with van der Waals surface area (Å²) >= 11 is 0. The van der Waals surface area contributed by atoms with Gasteiger partial charge in [-0.2, -0.15) is 0 Å². The fourth-order valence-electron chi connectivity index (χ4n) is 2.56. The van der Waals surface area contributed by atoms with Gasteiger partial charge < -0.3 is 15.4 Å². The Morgan fingerprint density at radius 3 is 2.68 bits per heavy atom. The van der Waals surface area contributed by atoms with Crippen LogP contribution in [0.15, 0.2) is 18.2 Å². The molecule has 0 amide bonds. The van der Waals surface area contributed by atoms with Crippen LogP contribution in [0.3, 0.4) is 0 Å². The number of methoxy groups -OCH3 is 1. The third-order valence-corrected chi connectivity index (χ3v) is 3.57. The first-order valence-corrected chi connectivity index (χ1v) is 6.40. The van der Waals surface area contributed by atoms with Crippen LogP contribution in [-0.2, 0) is 4.74 Å². The maximum absolute atomic E-state index is 11.2. The molecular weight excluding hydrogens is 246 g/mol. The van der Waals surface area contributed by atoms with Crippen LogP contribution in [0.1, 0.15) is 19.3 Å². The van der Waals surface area contributed by atoms with Crippen LogP contribution in [0.4, 0.5) is 17.1 Å². The number of nitro benzene ring substituents is 1. The number of nitrogens with zero attached hydrogens (tertiary/aromatic N) is 1.